The molecule has 366 valence electrons. The van der Waals surface area contributed by atoms with E-state index in [1.807, 2.05) is 62.1 Å². The van der Waals surface area contributed by atoms with Gasteiger partial charge in [-0.15, -0.1) is 0 Å². The molecule has 4 aromatic heterocycles. The van der Waals surface area contributed by atoms with Gasteiger partial charge in [0, 0.05) is 71.8 Å². The van der Waals surface area contributed by atoms with Gasteiger partial charge in [0.15, 0.2) is 11.3 Å². The quantitative estimate of drug-likeness (QED) is 0.0647. The lowest BCUT2D eigenvalue weighted by Gasteiger charge is -2.36. The van der Waals surface area contributed by atoms with E-state index in [4.69, 9.17) is 14.5 Å². The minimum atomic E-state index is -2.94. The van der Waals surface area contributed by atoms with Crippen molar-refractivity contribution in [1.82, 2.24) is 43.8 Å². The number of aryl methyl sites for hydroxylation is 2. The number of imidazole rings is 1. The molecule has 1 unspecified atom stereocenters. The number of nitrogens with zero attached hydrogens (tertiary/aromatic N) is 8. The molecule has 2 aliphatic heterocycles. The highest BCUT2D eigenvalue weighted by atomic mass is 19.3. The molecule has 69 heavy (non-hydrogen) atoms. The molecule has 2 fully saturated rings. The van der Waals surface area contributed by atoms with Crippen molar-refractivity contribution in [2.75, 3.05) is 56.2 Å². The van der Waals surface area contributed by atoms with E-state index in [9.17, 15) is 32.8 Å². The molecule has 4 amide bonds. The van der Waals surface area contributed by atoms with Crippen molar-refractivity contribution < 1.29 is 37.4 Å². The molecule has 18 nitrogen and oxygen atoms in total. The normalized spacial score (nSPS) is 15.7. The predicted octanol–water partition coefficient (Wildman–Crippen LogP) is 6.31. The van der Waals surface area contributed by atoms with Gasteiger partial charge in [-0.05, 0) is 113 Å². The average Bonchev–Trinajstić information content (AvgIpc) is 4.02. The zero-order valence-corrected chi connectivity index (χ0v) is 39.4. The fourth-order valence-electron chi connectivity index (χ4n) is 8.62. The van der Waals surface area contributed by atoms with Gasteiger partial charge < -0.3 is 34.3 Å². The number of rotatable bonds is 18. The summed E-state index contributed by atoms with van der Waals surface area (Å²) in [4.78, 5) is 71.7. The summed E-state index contributed by atoms with van der Waals surface area (Å²) in [5.74, 6) is -0.745. The van der Waals surface area contributed by atoms with E-state index >= 15 is 0 Å². The average molecular weight is 952 g/mol. The summed E-state index contributed by atoms with van der Waals surface area (Å²) in [7, 11) is 1.70. The van der Waals surface area contributed by atoms with Crippen LogP contribution in [0.25, 0.3) is 22.4 Å². The van der Waals surface area contributed by atoms with Crippen LogP contribution >= 0.6 is 0 Å². The number of anilines is 2. The first kappa shape index (κ1) is 48.5. The van der Waals surface area contributed by atoms with Gasteiger partial charge in [0.2, 0.25) is 11.8 Å². The maximum Gasteiger partial charge on any atom is 0.410 e. The van der Waals surface area contributed by atoms with E-state index in [0.29, 0.717) is 75.0 Å². The number of imide groups is 1. The molecule has 1 atom stereocenters. The van der Waals surface area contributed by atoms with Gasteiger partial charge in [0.1, 0.15) is 17.5 Å². The molecule has 0 spiro atoms. The monoisotopic (exact) mass is 951 g/mol. The number of fused-ring (bicyclic) bond motifs is 2. The predicted molar refractivity (Wildman–Crippen MR) is 255 cm³/mol. The number of unbranched alkanes of at least 4 members (excludes halogenated alkanes) is 2. The number of piperazine rings is 1. The van der Waals surface area contributed by atoms with Crippen LogP contribution in [-0.4, -0.2) is 109 Å². The maximum atomic E-state index is 14.3. The SMILES string of the molecule is Cn1c(=O)n(C2CCC(=O)NC2=O)c2ccc(CCCCOCCCCNCc3ccc(-n4cc(NC(=O)c5ccn6ccc(N7CCN(C(=O)OC(C)(C)C)CC7)nc56)c(C(F)F)n4)cc3)cc21. The summed E-state index contributed by atoms with van der Waals surface area (Å²) < 4.78 is 46.0. The third kappa shape index (κ3) is 11.5. The van der Waals surface area contributed by atoms with E-state index in [2.05, 4.69) is 21.0 Å². The zero-order valence-electron chi connectivity index (χ0n) is 39.4. The van der Waals surface area contributed by atoms with Gasteiger partial charge in [0.25, 0.3) is 12.3 Å². The second kappa shape index (κ2) is 21.2. The number of piperidine rings is 1. The Balaban J connectivity index is 0.747. The number of halogens is 2. The Labute approximate surface area is 397 Å². The molecule has 8 rings (SSSR count). The van der Waals surface area contributed by atoms with Crippen molar-refractivity contribution in [3.05, 3.63) is 106 Å². The highest BCUT2D eigenvalue weighted by Crippen LogP contribution is 2.29. The molecule has 2 saturated heterocycles. The van der Waals surface area contributed by atoms with E-state index in [1.54, 1.807) is 51.5 Å². The summed E-state index contributed by atoms with van der Waals surface area (Å²) in [5, 5.41) is 12.5. The van der Waals surface area contributed by atoms with E-state index in [-0.39, 0.29) is 35.4 Å². The topological polar surface area (TPSA) is 191 Å². The minimum absolute atomic E-state index is 0.107. The number of alkyl halides is 2. The van der Waals surface area contributed by atoms with E-state index in [0.717, 1.165) is 55.3 Å². The molecular weight excluding hydrogens is 893 g/mol. The summed E-state index contributed by atoms with van der Waals surface area (Å²) in [6.45, 7) is 10.1. The van der Waals surface area contributed by atoms with Crippen molar-refractivity contribution in [2.24, 2.45) is 7.05 Å². The third-order valence-electron chi connectivity index (χ3n) is 12.3. The minimum Gasteiger partial charge on any atom is -0.444 e. The van der Waals surface area contributed by atoms with Gasteiger partial charge in [-0.2, -0.15) is 5.10 Å². The van der Waals surface area contributed by atoms with Crippen LogP contribution in [-0.2, 0) is 39.1 Å². The smallest absolute Gasteiger partial charge is 0.410 e. The second-order valence-electron chi connectivity index (χ2n) is 18.4. The number of aromatic nitrogens is 6. The molecule has 6 aromatic rings. The molecule has 20 heteroatoms. The van der Waals surface area contributed by atoms with Crippen molar-refractivity contribution in [3.8, 4) is 5.69 Å². The Bertz CT molecular complexity index is 2870. The molecular formula is C49H59F2N11O7. The van der Waals surface area contributed by atoms with Crippen molar-refractivity contribution in [2.45, 2.75) is 90.3 Å². The number of ether oxygens (including phenoxy) is 2. The van der Waals surface area contributed by atoms with Crippen molar-refractivity contribution in [1.29, 1.82) is 0 Å². The molecule has 0 aliphatic carbocycles. The number of amides is 4. The number of hydrogen-bond donors (Lipinski definition) is 3. The van der Waals surface area contributed by atoms with Crippen molar-refractivity contribution in [3.63, 3.8) is 0 Å². The van der Waals surface area contributed by atoms with Gasteiger partial charge in [-0.25, -0.2) is 28.0 Å². The van der Waals surface area contributed by atoms with Crippen LogP contribution in [0.4, 0.5) is 25.1 Å². The highest BCUT2D eigenvalue weighted by Gasteiger charge is 2.32. The van der Waals surface area contributed by atoms with Crippen LogP contribution in [0.3, 0.4) is 0 Å². The largest absolute Gasteiger partial charge is 0.444 e. The molecule has 0 bridgehead atoms. The van der Waals surface area contributed by atoms with Gasteiger partial charge in [0.05, 0.1) is 34.2 Å². The first-order valence-corrected chi connectivity index (χ1v) is 23.4. The molecule has 2 aliphatic rings. The number of hydrogen-bond acceptors (Lipinski definition) is 11. The molecule has 3 N–H and O–H groups in total. The van der Waals surface area contributed by atoms with Gasteiger partial charge >= 0.3 is 11.8 Å². The van der Waals surface area contributed by atoms with E-state index in [1.165, 1.54) is 15.4 Å². The summed E-state index contributed by atoms with van der Waals surface area (Å²) in [6.07, 6.45) is 6.52. The molecule has 2 aromatic carbocycles. The van der Waals surface area contributed by atoms with Crippen LogP contribution in [0.15, 0.2) is 78.0 Å². The summed E-state index contributed by atoms with van der Waals surface area (Å²) in [6, 6.07) is 16.0. The lowest BCUT2D eigenvalue weighted by Crippen LogP contribution is -2.50. The van der Waals surface area contributed by atoms with Crippen LogP contribution in [0.1, 0.15) is 98.9 Å². The maximum absolute atomic E-state index is 14.3. The Morgan fingerprint density at radius 3 is 2.35 bits per heavy atom. The first-order chi connectivity index (χ1) is 33.1. The van der Waals surface area contributed by atoms with Gasteiger partial charge in [-0.1, -0.05) is 18.2 Å². The zero-order chi connectivity index (χ0) is 48.8. The third-order valence-corrected chi connectivity index (χ3v) is 12.3. The molecule has 0 saturated carbocycles. The number of nitrogens with one attached hydrogen (secondary N) is 3. The Morgan fingerprint density at radius 2 is 1.62 bits per heavy atom. The molecule has 0 radical (unpaired) electrons. The number of carbonyl (C=O) groups is 4. The number of carbonyl (C=O) groups excluding carboxylic acids is 4. The highest BCUT2D eigenvalue weighted by molar-refractivity contribution is 6.08. The Kier molecular flexibility index (Phi) is 14.9. The summed E-state index contributed by atoms with van der Waals surface area (Å²) in [5.41, 5.74) is 3.13. The Morgan fingerprint density at radius 1 is 0.899 bits per heavy atom. The fourth-order valence-corrected chi connectivity index (χ4v) is 8.62. The second-order valence-corrected chi connectivity index (χ2v) is 18.4. The van der Waals surface area contributed by atoms with E-state index < -0.39 is 35.6 Å². The van der Waals surface area contributed by atoms with Crippen LogP contribution in [0, 0.1) is 0 Å². The van der Waals surface area contributed by atoms with Crippen LogP contribution < -0.4 is 26.5 Å². The van der Waals surface area contributed by atoms with Crippen LogP contribution in [0.2, 0.25) is 0 Å². The lowest BCUT2D eigenvalue weighted by atomic mass is 10.0. The van der Waals surface area contributed by atoms with Crippen LogP contribution in [0.5, 0.6) is 0 Å². The van der Waals surface area contributed by atoms with Crippen molar-refractivity contribution >= 4 is 52.0 Å². The number of benzene rings is 2. The van der Waals surface area contributed by atoms with Gasteiger partial charge in [-0.3, -0.25) is 28.8 Å². The molecule has 6 heterocycles. The standard InChI is InChI=1S/C49H59F2N11O7/c1-49(2,3)69-48(67)60-25-23-58(24-26-60)40-19-22-59-21-18-35(44(59)54-40)45(64)53-36-31-61(56-42(36)43(50)51)34-13-10-33(11-14-34)30-52-20-6-8-28-68-27-7-5-9-32-12-15-37-39(29-32)57(4)47(66)62(37)38-16-17-41(63)55-46(38)65/h10-15,18-19,21-22,29,31,38,43,52H,5-9,16-17,20,23-28,30H2,1-4H3,(H,53,64)(H,55,63,65). The fraction of sp³-hybridized carbons (Fsp3) is 0.449. The first-order valence-electron chi connectivity index (χ1n) is 23.4. The summed E-state index contributed by atoms with van der Waals surface area (Å²) >= 11 is 0. The Hall–Kier alpha value is -6.93. The lowest BCUT2D eigenvalue weighted by molar-refractivity contribution is -0.135.